The average molecular weight is 187 g/mol. The number of hydrogen-bond acceptors (Lipinski definition) is 2. The minimum Gasteiger partial charge on any atom is -0.360 e. The zero-order valence-electron chi connectivity index (χ0n) is 9.89. The molecule has 0 aromatic heterocycles. The van der Waals surface area contributed by atoms with Crippen molar-refractivity contribution in [2.75, 3.05) is 19.8 Å². The Morgan fingerprint density at radius 1 is 1.00 bits per heavy atom. The zero-order valence-corrected chi connectivity index (χ0v) is 9.89. The van der Waals surface area contributed by atoms with Crippen LogP contribution < -0.4 is 0 Å². The van der Waals surface area contributed by atoms with Crippen molar-refractivity contribution >= 4 is 0 Å². The van der Waals surface area contributed by atoms with E-state index < -0.39 is 0 Å². The van der Waals surface area contributed by atoms with Crippen LogP contribution in [0.1, 0.15) is 47.5 Å². The van der Waals surface area contributed by atoms with Crippen LogP contribution in [0.15, 0.2) is 0 Å². The van der Waals surface area contributed by atoms with Crippen LogP contribution in [0.4, 0.5) is 0 Å². The standard InChI is InChI=1S/C11H25NO/c1-6-8-12(9-7-2)10-13-11(3,4)5/h6-10H2,1-5H3. The highest BCUT2D eigenvalue weighted by Crippen LogP contribution is 2.07. The van der Waals surface area contributed by atoms with Gasteiger partial charge in [0, 0.05) is 13.1 Å². The van der Waals surface area contributed by atoms with Crippen LogP contribution in [0.3, 0.4) is 0 Å². The van der Waals surface area contributed by atoms with Crippen molar-refractivity contribution in [1.82, 2.24) is 4.90 Å². The summed E-state index contributed by atoms with van der Waals surface area (Å²) in [5.41, 5.74) is -0.0142. The Balaban J connectivity index is 3.68. The second kappa shape index (κ2) is 6.39. The molecule has 0 radical (unpaired) electrons. The fraction of sp³-hybridized carbons (Fsp3) is 1.00. The molecule has 13 heavy (non-hydrogen) atoms. The van der Waals surface area contributed by atoms with Gasteiger partial charge in [0.05, 0.1) is 12.3 Å². The Hall–Kier alpha value is -0.0800. The average Bonchev–Trinajstić information content (AvgIpc) is 2.00. The SMILES string of the molecule is CCCN(CCC)COC(C)(C)C. The molecule has 0 saturated carbocycles. The molecule has 0 rings (SSSR count). The first kappa shape index (κ1) is 12.9. The molecule has 0 aromatic carbocycles. The molecule has 0 heterocycles. The van der Waals surface area contributed by atoms with Gasteiger partial charge < -0.3 is 4.74 Å². The fourth-order valence-corrected chi connectivity index (χ4v) is 1.16. The van der Waals surface area contributed by atoms with E-state index in [2.05, 4.69) is 39.5 Å². The summed E-state index contributed by atoms with van der Waals surface area (Å²) in [4.78, 5) is 2.37. The highest BCUT2D eigenvalue weighted by Gasteiger charge is 2.12. The van der Waals surface area contributed by atoms with Gasteiger partial charge >= 0.3 is 0 Å². The topological polar surface area (TPSA) is 12.5 Å². The fourth-order valence-electron chi connectivity index (χ4n) is 1.16. The first-order valence-corrected chi connectivity index (χ1v) is 5.36. The van der Waals surface area contributed by atoms with Gasteiger partial charge in [0.1, 0.15) is 0 Å². The highest BCUT2D eigenvalue weighted by molar-refractivity contribution is 4.59. The van der Waals surface area contributed by atoms with Crippen molar-refractivity contribution in [2.24, 2.45) is 0 Å². The molecule has 0 fully saturated rings. The summed E-state index contributed by atoms with van der Waals surface area (Å²) in [6.07, 6.45) is 2.40. The number of hydrogen-bond donors (Lipinski definition) is 0. The third-order valence-electron chi connectivity index (χ3n) is 1.76. The molecule has 0 aliphatic carbocycles. The van der Waals surface area contributed by atoms with E-state index in [1.807, 2.05) is 0 Å². The summed E-state index contributed by atoms with van der Waals surface area (Å²) < 4.78 is 5.72. The molecule has 0 aromatic rings. The van der Waals surface area contributed by atoms with Crippen LogP contribution in [0.25, 0.3) is 0 Å². The largest absolute Gasteiger partial charge is 0.360 e. The molecular weight excluding hydrogens is 162 g/mol. The van der Waals surface area contributed by atoms with Crippen LogP contribution in [0.2, 0.25) is 0 Å². The predicted octanol–water partition coefficient (Wildman–Crippen LogP) is 2.88. The third-order valence-corrected chi connectivity index (χ3v) is 1.76. The summed E-state index contributed by atoms with van der Waals surface area (Å²) in [6.45, 7) is 13.8. The van der Waals surface area contributed by atoms with Crippen molar-refractivity contribution < 1.29 is 4.74 Å². The maximum absolute atomic E-state index is 5.72. The Morgan fingerprint density at radius 3 is 1.77 bits per heavy atom. The van der Waals surface area contributed by atoms with Gasteiger partial charge in [-0.15, -0.1) is 0 Å². The minimum atomic E-state index is -0.0142. The predicted molar refractivity (Wildman–Crippen MR) is 57.9 cm³/mol. The molecule has 0 saturated heterocycles. The zero-order chi connectivity index (χ0) is 10.3. The Kier molecular flexibility index (Phi) is 6.35. The maximum Gasteiger partial charge on any atom is 0.0997 e. The minimum absolute atomic E-state index is 0.0142. The Bertz CT molecular complexity index is 112. The third kappa shape index (κ3) is 8.26. The van der Waals surface area contributed by atoms with Gasteiger partial charge in [-0.1, -0.05) is 13.8 Å². The summed E-state index contributed by atoms with van der Waals surface area (Å²) >= 11 is 0. The van der Waals surface area contributed by atoms with Crippen molar-refractivity contribution in [3.05, 3.63) is 0 Å². The first-order valence-electron chi connectivity index (χ1n) is 5.36. The number of rotatable bonds is 6. The van der Waals surface area contributed by atoms with Crippen molar-refractivity contribution in [2.45, 2.75) is 53.1 Å². The molecule has 0 spiro atoms. The van der Waals surface area contributed by atoms with Gasteiger partial charge in [0.15, 0.2) is 0 Å². The van der Waals surface area contributed by atoms with E-state index in [9.17, 15) is 0 Å². The van der Waals surface area contributed by atoms with Crippen molar-refractivity contribution in [3.63, 3.8) is 0 Å². The molecule has 0 atom stereocenters. The van der Waals surface area contributed by atoms with E-state index in [1.54, 1.807) is 0 Å². The van der Waals surface area contributed by atoms with Crippen LogP contribution >= 0.6 is 0 Å². The van der Waals surface area contributed by atoms with E-state index in [0.717, 1.165) is 19.8 Å². The molecule has 0 aliphatic heterocycles. The lowest BCUT2D eigenvalue weighted by molar-refractivity contribution is -0.0632. The maximum atomic E-state index is 5.72. The lowest BCUT2D eigenvalue weighted by atomic mass is 10.2. The molecule has 0 N–H and O–H groups in total. The molecule has 0 amide bonds. The second-order valence-corrected chi connectivity index (χ2v) is 4.50. The molecule has 80 valence electrons. The van der Waals surface area contributed by atoms with Gasteiger partial charge in [-0.3, -0.25) is 4.90 Å². The second-order valence-electron chi connectivity index (χ2n) is 4.50. The molecule has 0 bridgehead atoms. The summed E-state index contributed by atoms with van der Waals surface area (Å²) in [5, 5.41) is 0. The summed E-state index contributed by atoms with van der Waals surface area (Å²) in [6, 6.07) is 0. The van der Waals surface area contributed by atoms with E-state index in [1.165, 1.54) is 12.8 Å². The van der Waals surface area contributed by atoms with E-state index in [4.69, 9.17) is 4.74 Å². The van der Waals surface area contributed by atoms with Crippen LogP contribution in [0, 0.1) is 0 Å². The lowest BCUT2D eigenvalue weighted by Crippen LogP contribution is -2.33. The number of ether oxygens (including phenoxy) is 1. The van der Waals surface area contributed by atoms with Crippen LogP contribution in [-0.4, -0.2) is 30.3 Å². The van der Waals surface area contributed by atoms with Crippen molar-refractivity contribution in [3.8, 4) is 0 Å². The van der Waals surface area contributed by atoms with Gasteiger partial charge in [-0.2, -0.15) is 0 Å². The van der Waals surface area contributed by atoms with Crippen LogP contribution in [-0.2, 0) is 4.74 Å². The molecular formula is C11H25NO. The Labute approximate surface area is 83.3 Å². The van der Waals surface area contributed by atoms with Crippen LogP contribution in [0.5, 0.6) is 0 Å². The van der Waals surface area contributed by atoms with Gasteiger partial charge in [0.25, 0.3) is 0 Å². The highest BCUT2D eigenvalue weighted by atomic mass is 16.5. The summed E-state index contributed by atoms with van der Waals surface area (Å²) in [5.74, 6) is 0. The van der Waals surface area contributed by atoms with Gasteiger partial charge in [-0.05, 0) is 33.6 Å². The lowest BCUT2D eigenvalue weighted by Gasteiger charge is -2.26. The normalized spacial score (nSPS) is 12.5. The van der Waals surface area contributed by atoms with E-state index >= 15 is 0 Å². The molecule has 2 heteroatoms. The summed E-state index contributed by atoms with van der Waals surface area (Å²) in [7, 11) is 0. The molecule has 2 nitrogen and oxygen atoms in total. The van der Waals surface area contributed by atoms with Gasteiger partial charge in [0.2, 0.25) is 0 Å². The molecule has 0 unspecified atom stereocenters. The number of nitrogens with zero attached hydrogens (tertiary/aromatic N) is 1. The quantitative estimate of drug-likeness (QED) is 0.593. The smallest absolute Gasteiger partial charge is 0.0997 e. The van der Waals surface area contributed by atoms with E-state index in [0.29, 0.717) is 0 Å². The molecule has 0 aliphatic rings. The Morgan fingerprint density at radius 2 is 1.46 bits per heavy atom. The monoisotopic (exact) mass is 187 g/mol. The first-order chi connectivity index (χ1) is 5.99. The van der Waals surface area contributed by atoms with Gasteiger partial charge in [-0.25, -0.2) is 0 Å². The van der Waals surface area contributed by atoms with Crippen molar-refractivity contribution in [1.29, 1.82) is 0 Å². The van der Waals surface area contributed by atoms with E-state index in [-0.39, 0.29) is 5.60 Å².